The van der Waals surface area contributed by atoms with Gasteiger partial charge in [0, 0.05) is 11.0 Å². The largest absolute Gasteiger partial charge is 0.203 e. The van der Waals surface area contributed by atoms with Crippen LogP contribution in [-0.2, 0) is 5.41 Å². The quantitative estimate of drug-likeness (QED) is 0.0656. The Morgan fingerprint density at radius 2 is 1.21 bits per heavy atom. The number of fused-ring (bicyclic) bond motifs is 3. The predicted molar refractivity (Wildman–Crippen MR) is 198 cm³/mol. The summed E-state index contributed by atoms with van der Waals surface area (Å²) in [7, 11) is 0. The molecule has 3 aromatic rings. The minimum atomic E-state index is -1.78. The van der Waals surface area contributed by atoms with Crippen LogP contribution in [0.25, 0.3) is 22.8 Å². The molecule has 0 bridgehead atoms. The van der Waals surface area contributed by atoms with Crippen molar-refractivity contribution in [3.8, 4) is 11.1 Å². The number of allylic oxidation sites excluding steroid dienone is 1. The molecule has 1 aliphatic rings. The van der Waals surface area contributed by atoms with E-state index in [2.05, 4.69) is 71.9 Å². The first-order valence-corrected chi connectivity index (χ1v) is 18.7. The average molecular weight is 665 g/mol. The van der Waals surface area contributed by atoms with Crippen molar-refractivity contribution < 1.29 is 17.6 Å². The van der Waals surface area contributed by atoms with Gasteiger partial charge in [0.15, 0.2) is 23.3 Å². The van der Waals surface area contributed by atoms with Gasteiger partial charge in [-0.3, -0.25) is 0 Å². The molecule has 0 nitrogen and oxygen atoms in total. The lowest BCUT2D eigenvalue weighted by Gasteiger charge is -2.39. The zero-order valence-corrected chi connectivity index (χ0v) is 31.4. The SMILES string of the molecule is CC.CCCCC(CC)CC1(CC(CC)CCCC)c2cc(/C(C)=C/c3c(C)c(F)c(F)c(F)c3F)ccc2-c2ccc(C(C)C)cc21. The standard InChI is InChI=1S/C42H54F4.C2H6/c1-9-13-15-29(11-3)24-42(25-30(12-4)16-14-10-2)36-22-31(26(5)6)17-19-33(36)34-20-18-32(23-37(34)42)27(7)21-35-28(8)38(43)40(45)41(46)39(35)44;1-2/h17-23,26,29-30H,9-16,24-25H2,1-8H3;1-2H3/b27-21+;. The second kappa shape index (κ2) is 17.7. The summed E-state index contributed by atoms with van der Waals surface area (Å²) in [6, 6.07) is 13.5. The van der Waals surface area contributed by atoms with Gasteiger partial charge < -0.3 is 0 Å². The summed E-state index contributed by atoms with van der Waals surface area (Å²) >= 11 is 0. The van der Waals surface area contributed by atoms with Crippen LogP contribution in [0.1, 0.15) is 166 Å². The highest BCUT2D eigenvalue weighted by Crippen LogP contribution is 2.57. The Morgan fingerprint density at radius 3 is 1.71 bits per heavy atom. The van der Waals surface area contributed by atoms with E-state index < -0.39 is 23.3 Å². The van der Waals surface area contributed by atoms with Crippen molar-refractivity contribution in [1.29, 1.82) is 0 Å². The van der Waals surface area contributed by atoms with Gasteiger partial charge in [-0.25, -0.2) is 17.6 Å². The summed E-state index contributed by atoms with van der Waals surface area (Å²) in [5, 5.41) is 0. The summed E-state index contributed by atoms with van der Waals surface area (Å²) in [5.41, 5.74) is 7.54. The Balaban J connectivity index is 0.00000307. The fourth-order valence-corrected chi connectivity index (χ4v) is 7.74. The van der Waals surface area contributed by atoms with Crippen LogP contribution in [-0.4, -0.2) is 0 Å². The van der Waals surface area contributed by atoms with E-state index in [4.69, 9.17) is 0 Å². The first kappa shape index (κ1) is 39.6. The molecule has 0 saturated carbocycles. The molecule has 0 saturated heterocycles. The van der Waals surface area contributed by atoms with Gasteiger partial charge in [0.2, 0.25) is 0 Å². The summed E-state index contributed by atoms with van der Waals surface area (Å²) in [6.07, 6.45) is 13.0. The maximum Gasteiger partial charge on any atom is 0.198 e. The lowest BCUT2D eigenvalue weighted by Crippen LogP contribution is -2.32. The summed E-state index contributed by atoms with van der Waals surface area (Å²) in [5.74, 6) is -4.69. The van der Waals surface area contributed by atoms with Gasteiger partial charge in [-0.15, -0.1) is 0 Å². The van der Waals surface area contributed by atoms with E-state index in [-0.39, 0.29) is 16.5 Å². The van der Waals surface area contributed by atoms with E-state index in [1.54, 1.807) is 0 Å². The second-order valence-corrected chi connectivity index (χ2v) is 14.2. The minimum absolute atomic E-state index is 0.177. The van der Waals surface area contributed by atoms with Crippen LogP contribution in [0.4, 0.5) is 17.6 Å². The Labute approximate surface area is 289 Å². The van der Waals surface area contributed by atoms with Gasteiger partial charge in [0.25, 0.3) is 0 Å². The van der Waals surface area contributed by atoms with Crippen LogP contribution in [0.15, 0.2) is 36.4 Å². The number of unbranched alkanes of at least 4 members (excludes halogenated alkanes) is 2. The lowest BCUT2D eigenvalue weighted by atomic mass is 9.64. The highest BCUT2D eigenvalue weighted by Gasteiger charge is 2.45. The minimum Gasteiger partial charge on any atom is -0.203 e. The molecule has 48 heavy (non-hydrogen) atoms. The molecule has 0 N–H and O–H groups in total. The van der Waals surface area contributed by atoms with Crippen molar-refractivity contribution in [2.75, 3.05) is 0 Å². The first-order valence-electron chi connectivity index (χ1n) is 18.7. The number of hydrogen-bond acceptors (Lipinski definition) is 0. The number of benzene rings is 3. The fraction of sp³-hybridized carbons (Fsp3) is 0.545. The Bertz CT molecular complexity index is 1500. The van der Waals surface area contributed by atoms with Crippen LogP contribution < -0.4 is 0 Å². The Kier molecular flexibility index (Phi) is 14.6. The second-order valence-electron chi connectivity index (χ2n) is 14.2. The fourth-order valence-electron chi connectivity index (χ4n) is 7.74. The van der Waals surface area contributed by atoms with Gasteiger partial charge in [-0.1, -0.05) is 137 Å². The normalized spacial score (nSPS) is 16.8. The van der Waals surface area contributed by atoms with Gasteiger partial charge >= 0.3 is 0 Å². The van der Waals surface area contributed by atoms with Crippen LogP contribution in [0.5, 0.6) is 0 Å². The van der Waals surface area contributed by atoms with Crippen molar-refractivity contribution in [1.82, 2.24) is 0 Å². The molecular weight excluding hydrogens is 604 g/mol. The molecule has 4 rings (SSSR count). The third-order valence-corrected chi connectivity index (χ3v) is 10.8. The molecule has 1 aliphatic carbocycles. The highest BCUT2D eigenvalue weighted by molar-refractivity contribution is 5.87. The molecule has 0 heterocycles. The van der Waals surface area contributed by atoms with Crippen LogP contribution >= 0.6 is 0 Å². The van der Waals surface area contributed by atoms with E-state index in [0.29, 0.717) is 23.3 Å². The molecule has 264 valence electrons. The maximum atomic E-state index is 14.9. The zero-order chi connectivity index (χ0) is 35.8. The molecule has 4 heteroatoms. The van der Waals surface area contributed by atoms with Gasteiger partial charge in [-0.2, -0.15) is 0 Å². The predicted octanol–water partition coefficient (Wildman–Crippen LogP) is 14.7. The van der Waals surface area contributed by atoms with Gasteiger partial charge in [0.05, 0.1) is 0 Å². The van der Waals surface area contributed by atoms with E-state index in [1.165, 1.54) is 79.3 Å². The monoisotopic (exact) mass is 664 g/mol. The number of rotatable bonds is 15. The Hall–Kier alpha value is -2.88. The van der Waals surface area contributed by atoms with Crippen LogP contribution in [0, 0.1) is 42.0 Å². The number of halogens is 4. The average Bonchev–Trinajstić information content (AvgIpc) is 3.36. The molecule has 3 aromatic carbocycles. The number of hydrogen-bond donors (Lipinski definition) is 0. The molecule has 0 spiro atoms. The topological polar surface area (TPSA) is 0 Å². The van der Waals surface area contributed by atoms with Crippen molar-refractivity contribution in [2.45, 2.75) is 145 Å². The van der Waals surface area contributed by atoms with E-state index >= 15 is 0 Å². The molecule has 0 aliphatic heterocycles. The molecule has 2 unspecified atom stereocenters. The Morgan fingerprint density at radius 1 is 0.708 bits per heavy atom. The van der Waals surface area contributed by atoms with Crippen molar-refractivity contribution in [2.24, 2.45) is 11.8 Å². The molecule has 0 fully saturated rings. The van der Waals surface area contributed by atoms with Gasteiger partial charge in [0.1, 0.15) is 0 Å². The zero-order valence-electron chi connectivity index (χ0n) is 31.4. The van der Waals surface area contributed by atoms with Gasteiger partial charge in [-0.05, 0) is 101 Å². The maximum absolute atomic E-state index is 14.9. The third kappa shape index (κ3) is 8.11. The molecule has 2 atom stereocenters. The van der Waals surface area contributed by atoms with E-state index in [0.717, 1.165) is 31.2 Å². The van der Waals surface area contributed by atoms with Crippen molar-refractivity contribution in [3.05, 3.63) is 93.0 Å². The van der Waals surface area contributed by atoms with Crippen molar-refractivity contribution in [3.63, 3.8) is 0 Å². The van der Waals surface area contributed by atoms with Crippen molar-refractivity contribution >= 4 is 11.6 Å². The summed E-state index contributed by atoms with van der Waals surface area (Å²) in [4.78, 5) is 0. The van der Waals surface area contributed by atoms with Crippen LogP contribution in [0.2, 0.25) is 0 Å². The molecule has 0 aromatic heterocycles. The third-order valence-electron chi connectivity index (χ3n) is 10.8. The van der Waals surface area contributed by atoms with Crippen LogP contribution in [0.3, 0.4) is 0 Å². The van der Waals surface area contributed by atoms with E-state index in [9.17, 15) is 17.6 Å². The summed E-state index contributed by atoms with van der Waals surface area (Å²) in [6.45, 7) is 20.8. The smallest absolute Gasteiger partial charge is 0.198 e. The molecule has 0 amide bonds. The highest BCUT2D eigenvalue weighted by atomic mass is 19.2. The first-order chi connectivity index (χ1) is 22.9. The molecular formula is C44H60F4. The molecule has 0 radical (unpaired) electrons. The summed E-state index contributed by atoms with van der Waals surface area (Å²) < 4.78 is 57.7. The van der Waals surface area contributed by atoms with E-state index in [1.807, 2.05) is 26.8 Å². The lowest BCUT2D eigenvalue weighted by molar-refractivity contribution is 0.266.